The second-order valence-corrected chi connectivity index (χ2v) is 5.46. The molecule has 1 heterocycles. The highest BCUT2D eigenvalue weighted by Gasteiger charge is 2.38. The van der Waals surface area contributed by atoms with Gasteiger partial charge in [-0.3, -0.25) is 4.90 Å². The van der Waals surface area contributed by atoms with Crippen LogP contribution in [0.5, 0.6) is 5.75 Å². The summed E-state index contributed by atoms with van der Waals surface area (Å²) in [6.45, 7) is 3.99. The fourth-order valence-corrected chi connectivity index (χ4v) is 3.00. The summed E-state index contributed by atoms with van der Waals surface area (Å²) in [5.41, 5.74) is 0.809. The van der Waals surface area contributed by atoms with Crippen molar-refractivity contribution in [3.05, 3.63) is 29.6 Å². The van der Waals surface area contributed by atoms with E-state index >= 15 is 0 Å². The molecule has 1 atom stereocenters. The zero-order chi connectivity index (χ0) is 13.2. The third-order valence-corrected chi connectivity index (χ3v) is 4.14. The van der Waals surface area contributed by atoms with E-state index in [1.165, 1.54) is 18.9 Å². The summed E-state index contributed by atoms with van der Waals surface area (Å²) >= 11 is 0. The van der Waals surface area contributed by atoms with Crippen LogP contribution in [0.25, 0.3) is 0 Å². The largest absolute Gasteiger partial charge is 0.497 e. The highest BCUT2D eigenvalue weighted by Crippen LogP contribution is 2.45. The molecule has 0 radical (unpaired) electrons. The molecule has 1 aliphatic carbocycles. The molecule has 1 N–H and O–H groups in total. The average Bonchev–Trinajstić information content (AvgIpc) is 3.27. The molecule has 0 aromatic heterocycles. The summed E-state index contributed by atoms with van der Waals surface area (Å²) in [7, 11) is 1.63. The normalized spacial score (nSPS) is 22.2. The second-order valence-electron chi connectivity index (χ2n) is 5.46. The monoisotopic (exact) mass is 264 g/mol. The fourth-order valence-electron chi connectivity index (χ4n) is 3.00. The third kappa shape index (κ3) is 2.74. The van der Waals surface area contributed by atoms with Gasteiger partial charge < -0.3 is 10.1 Å². The van der Waals surface area contributed by atoms with Gasteiger partial charge in [-0.2, -0.15) is 0 Å². The third-order valence-electron chi connectivity index (χ3n) is 4.14. The van der Waals surface area contributed by atoms with Crippen molar-refractivity contribution >= 4 is 0 Å². The Bertz CT molecular complexity index is 442. The number of nitrogens with zero attached hydrogens (tertiary/aromatic N) is 1. The fraction of sp³-hybridized carbons (Fsp3) is 0.600. The average molecular weight is 264 g/mol. The summed E-state index contributed by atoms with van der Waals surface area (Å²) in [6, 6.07) is 5.32. The number of ether oxygens (including phenoxy) is 1. The molecule has 1 aromatic rings. The first-order valence-corrected chi connectivity index (χ1v) is 7.08. The number of methoxy groups -OCH3 is 1. The summed E-state index contributed by atoms with van der Waals surface area (Å²) < 4.78 is 19.5. The molecule has 0 bridgehead atoms. The Morgan fingerprint density at radius 3 is 2.68 bits per heavy atom. The van der Waals surface area contributed by atoms with Gasteiger partial charge in [0.15, 0.2) is 0 Å². The highest BCUT2D eigenvalue weighted by molar-refractivity contribution is 5.33. The molecule has 3 rings (SSSR count). The maximum Gasteiger partial charge on any atom is 0.128 e. The van der Waals surface area contributed by atoms with Gasteiger partial charge in [-0.05, 0) is 37.0 Å². The quantitative estimate of drug-likeness (QED) is 0.902. The lowest BCUT2D eigenvalue weighted by molar-refractivity contribution is 0.153. The maximum atomic E-state index is 14.2. The molecular formula is C15H21FN2O. The molecule has 3 nitrogen and oxygen atoms in total. The van der Waals surface area contributed by atoms with Crippen molar-refractivity contribution in [1.29, 1.82) is 0 Å². The smallest absolute Gasteiger partial charge is 0.128 e. The second kappa shape index (κ2) is 5.47. The van der Waals surface area contributed by atoms with E-state index in [2.05, 4.69) is 10.2 Å². The summed E-state index contributed by atoms with van der Waals surface area (Å²) in [5, 5.41) is 3.36. The summed E-state index contributed by atoms with van der Waals surface area (Å²) in [4.78, 5) is 2.42. The number of hydrogen-bond donors (Lipinski definition) is 1. The van der Waals surface area contributed by atoms with Crippen LogP contribution in [0.4, 0.5) is 4.39 Å². The Labute approximate surface area is 113 Å². The van der Waals surface area contributed by atoms with Crippen molar-refractivity contribution in [3.8, 4) is 5.75 Å². The standard InChI is InChI=1S/C15H21FN2O/c1-19-12-4-5-14(16)13(10-12)15(11-2-3-11)18-8-6-17-7-9-18/h4-5,10-11,15,17H,2-3,6-9H2,1H3/t15-/m0/s1. The van der Waals surface area contributed by atoms with E-state index in [-0.39, 0.29) is 11.9 Å². The van der Waals surface area contributed by atoms with Crippen molar-refractivity contribution in [2.45, 2.75) is 18.9 Å². The Hall–Kier alpha value is -1.13. The van der Waals surface area contributed by atoms with Crippen LogP contribution in [0.2, 0.25) is 0 Å². The zero-order valence-electron chi connectivity index (χ0n) is 11.4. The number of piperazine rings is 1. The van der Waals surface area contributed by atoms with E-state index in [1.54, 1.807) is 13.2 Å². The van der Waals surface area contributed by atoms with Crippen LogP contribution in [-0.2, 0) is 0 Å². The molecule has 0 unspecified atom stereocenters. The first kappa shape index (κ1) is 12.9. The predicted molar refractivity (Wildman–Crippen MR) is 72.9 cm³/mol. The number of benzene rings is 1. The lowest BCUT2D eigenvalue weighted by Crippen LogP contribution is -2.45. The van der Waals surface area contributed by atoms with E-state index in [0.29, 0.717) is 5.92 Å². The molecule has 104 valence electrons. The minimum absolute atomic E-state index is 0.101. The van der Waals surface area contributed by atoms with Gasteiger partial charge in [0.2, 0.25) is 0 Å². The van der Waals surface area contributed by atoms with Crippen molar-refractivity contribution in [2.75, 3.05) is 33.3 Å². The molecule has 0 spiro atoms. The number of nitrogens with one attached hydrogen (secondary N) is 1. The van der Waals surface area contributed by atoms with E-state index in [9.17, 15) is 4.39 Å². The number of rotatable bonds is 4. The predicted octanol–water partition coefficient (Wildman–Crippen LogP) is 2.19. The molecule has 1 aromatic carbocycles. The van der Waals surface area contributed by atoms with Gasteiger partial charge >= 0.3 is 0 Å². The first-order chi connectivity index (χ1) is 9.29. The Balaban J connectivity index is 1.90. The van der Waals surface area contributed by atoms with Crippen molar-refractivity contribution in [3.63, 3.8) is 0 Å². The molecule has 0 amide bonds. The van der Waals surface area contributed by atoms with E-state index in [0.717, 1.165) is 37.5 Å². The minimum atomic E-state index is -0.101. The molecule has 19 heavy (non-hydrogen) atoms. The van der Waals surface area contributed by atoms with Gasteiger partial charge in [-0.1, -0.05) is 0 Å². The molecule has 2 aliphatic rings. The van der Waals surface area contributed by atoms with Crippen LogP contribution in [-0.4, -0.2) is 38.2 Å². The van der Waals surface area contributed by atoms with E-state index in [4.69, 9.17) is 4.74 Å². The van der Waals surface area contributed by atoms with Crippen molar-refractivity contribution < 1.29 is 9.13 Å². The highest BCUT2D eigenvalue weighted by atomic mass is 19.1. The zero-order valence-corrected chi connectivity index (χ0v) is 11.4. The number of hydrogen-bond acceptors (Lipinski definition) is 3. The van der Waals surface area contributed by atoms with Gasteiger partial charge in [0, 0.05) is 37.8 Å². The summed E-state index contributed by atoms with van der Waals surface area (Å²) in [5.74, 6) is 1.26. The van der Waals surface area contributed by atoms with Gasteiger partial charge in [-0.15, -0.1) is 0 Å². The van der Waals surface area contributed by atoms with Crippen LogP contribution in [0.15, 0.2) is 18.2 Å². The van der Waals surface area contributed by atoms with Crippen LogP contribution in [0.1, 0.15) is 24.4 Å². The molecule has 4 heteroatoms. The van der Waals surface area contributed by atoms with Crippen LogP contribution in [0.3, 0.4) is 0 Å². The van der Waals surface area contributed by atoms with Crippen LogP contribution in [0, 0.1) is 11.7 Å². The van der Waals surface area contributed by atoms with Crippen LogP contribution >= 0.6 is 0 Å². The van der Waals surface area contributed by atoms with E-state index in [1.807, 2.05) is 6.07 Å². The first-order valence-electron chi connectivity index (χ1n) is 7.08. The molecule has 1 saturated heterocycles. The Morgan fingerprint density at radius 2 is 2.05 bits per heavy atom. The van der Waals surface area contributed by atoms with E-state index < -0.39 is 0 Å². The van der Waals surface area contributed by atoms with Gasteiger partial charge in [0.05, 0.1) is 7.11 Å². The number of halogens is 1. The maximum absolute atomic E-state index is 14.2. The van der Waals surface area contributed by atoms with Crippen molar-refractivity contribution in [2.24, 2.45) is 5.92 Å². The molecule has 1 saturated carbocycles. The minimum Gasteiger partial charge on any atom is -0.497 e. The Kier molecular flexibility index (Phi) is 3.71. The van der Waals surface area contributed by atoms with Gasteiger partial charge in [-0.25, -0.2) is 4.39 Å². The topological polar surface area (TPSA) is 24.5 Å². The van der Waals surface area contributed by atoms with Gasteiger partial charge in [0.1, 0.15) is 11.6 Å². The molecule has 1 aliphatic heterocycles. The molecule has 2 fully saturated rings. The van der Waals surface area contributed by atoms with Crippen molar-refractivity contribution in [1.82, 2.24) is 10.2 Å². The SMILES string of the molecule is COc1ccc(F)c([C@H](C2CC2)N2CCNCC2)c1. The lowest BCUT2D eigenvalue weighted by atomic mass is 9.99. The lowest BCUT2D eigenvalue weighted by Gasteiger charge is -2.35. The van der Waals surface area contributed by atoms with Crippen LogP contribution < -0.4 is 10.1 Å². The molecular weight excluding hydrogens is 243 g/mol. The van der Waals surface area contributed by atoms with Gasteiger partial charge in [0.25, 0.3) is 0 Å². The summed E-state index contributed by atoms with van der Waals surface area (Å²) in [6.07, 6.45) is 2.43. The Morgan fingerprint density at radius 1 is 1.32 bits per heavy atom.